The van der Waals surface area contributed by atoms with Gasteiger partial charge in [-0.2, -0.15) is 5.10 Å². The van der Waals surface area contributed by atoms with Gasteiger partial charge in [0.1, 0.15) is 5.69 Å². The first kappa shape index (κ1) is 17.2. The lowest BCUT2D eigenvalue weighted by atomic mass is 9.93. The Balaban J connectivity index is 2.28. The molecule has 1 aromatic heterocycles. The highest BCUT2D eigenvalue weighted by molar-refractivity contribution is 6.30. The third kappa shape index (κ3) is 3.17. The molecular formula is C20H19ClN2O2. The lowest BCUT2D eigenvalue weighted by Crippen LogP contribution is -2.22. The molecule has 0 saturated heterocycles. The molecule has 3 rings (SSSR count). The van der Waals surface area contributed by atoms with E-state index in [0.717, 1.165) is 28.7 Å². The molecule has 2 aromatic carbocycles. The van der Waals surface area contributed by atoms with Gasteiger partial charge < -0.3 is 5.11 Å². The molecule has 0 amide bonds. The maximum absolute atomic E-state index is 12.6. The van der Waals surface area contributed by atoms with Crippen LogP contribution in [0.25, 0.3) is 22.3 Å². The van der Waals surface area contributed by atoms with Crippen molar-refractivity contribution < 1.29 is 5.11 Å². The van der Waals surface area contributed by atoms with E-state index in [1.807, 2.05) is 49.4 Å². The molecule has 0 saturated carbocycles. The van der Waals surface area contributed by atoms with Crippen LogP contribution < -0.4 is 5.56 Å². The van der Waals surface area contributed by atoms with E-state index in [0.29, 0.717) is 16.3 Å². The molecule has 0 radical (unpaired) electrons. The lowest BCUT2D eigenvalue weighted by molar-refractivity contribution is 0.460. The third-order valence-electron chi connectivity index (χ3n) is 4.32. The standard InChI is InChI=1S/C20H19ClN2O2/c1-4-13-5-6-15(14-7-9-16(21)10-8-14)11-17(13)18-19(24)12(2)22-23(3)20(18)25/h5-11,24H,4H2,1-3H3. The molecule has 0 aliphatic rings. The molecule has 25 heavy (non-hydrogen) atoms. The van der Waals surface area contributed by atoms with Crippen molar-refractivity contribution in [1.82, 2.24) is 9.78 Å². The van der Waals surface area contributed by atoms with E-state index in [4.69, 9.17) is 11.6 Å². The van der Waals surface area contributed by atoms with E-state index in [1.54, 1.807) is 14.0 Å². The average Bonchev–Trinajstić information content (AvgIpc) is 2.61. The molecule has 0 aliphatic heterocycles. The molecule has 0 spiro atoms. The number of benzene rings is 2. The fourth-order valence-corrected chi connectivity index (χ4v) is 3.07. The molecule has 3 aromatic rings. The summed E-state index contributed by atoms with van der Waals surface area (Å²) in [5, 5.41) is 15.2. The number of hydrogen-bond donors (Lipinski definition) is 1. The Hall–Kier alpha value is -2.59. The van der Waals surface area contributed by atoms with Gasteiger partial charge in [-0.25, -0.2) is 4.68 Å². The molecule has 0 fully saturated rings. The van der Waals surface area contributed by atoms with Gasteiger partial charge in [-0.05, 0) is 53.8 Å². The number of halogens is 1. The predicted molar refractivity (Wildman–Crippen MR) is 101 cm³/mol. The van der Waals surface area contributed by atoms with Gasteiger partial charge in [-0.3, -0.25) is 4.79 Å². The summed E-state index contributed by atoms with van der Waals surface area (Å²) in [5.41, 5.74) is 4.09. The van der Waals surface area contributed by atoms with Gasteiger partial charge in [-0.15, -0.1) is 0 Å². The van der Waals surface area contributed by atoms with Crippen molar-refractivity contribution in [2.24, 2.45) is 7.05 Å². The maximum Gasteiger partial charge on any atom is 0.278 e. The van der Waals surface area contributed by atoms with Crippen LogP contribution in [0.15, 0.2) is 47.3 Å². The summed E-state index contributed by atoms with van der Waals surface area (Å²) < 4.78 is 1.26. The van der Waals surface area contributed by atoms with Crippen LogP contribution in [-0.2, 0) is 13.5 Å². The van der Waals surface area contributed by atoms with E-state index in [2.05, 4.69) is 5.10 Å². The van der Waals surface area contributed by atoms with Crippen molar-refractivity contribution in [3.63, 3.8) is 0 Å². The number of hydrogen-bond acceptors (Lipinski definition) is 3. The van der Waals surface area contributed by atoms with Crippen molar-refractivity contribution in [2.45, 2.75) is 20.3 Å². The van der Waals surface area contributed by atoms with E-state index in [9.17, 15) is 9.90 Å². The number of aryl methyl sites for hydroxylation is 3. The first-order valence-electron chi connectivity index (χ1n) is 8.08. The number of aromatic nitrogens is 2. The van der Waals surface area contributed by atoms with Crippen LogP contribution in [0.4, 0.5) is 0 Å². The van der Waals surface area contributed by atoms with E-state index >= 15 is 0 Å². The summed E-state index contributed by atoms with van der Waals surface area (Å²) in [6.07, 6.45) is 0.750. The Morgan fingerprint density at radius 2 is 1.76 bits per heavy atom. The topological polar surface area (TPSA) is 55.1 Å². The molecule has 1 heterocycles. The van der Waals surface area contributed by atoms with Gasteiger partial charge in [0.05, 0.1) is 5.56 Å². The van der Waals surface area contributed by atoms with Crippen LogP contribution in [0.2, 0.25) is 5.02 Å². The van der Waals surface area contributed by atoms with Crippen molar-refractivity contribution >= 4 is 11.6 Å². The van der Waals surface area contributed by atoms with Gasteiger partial charge in [0.2, 0.25) is 0 Å². The first-order valence-corrected chi connectivity index (χ1v) is 8.46. The second-order valence-electron chi connectivity index (χ2n) is 5.97. The summed E-state index contributed by atoms with van der Waals surface area (Å²) in [5.74, 6) is -0.0638. The Morgan fingerprint density at radius 3 is 2.40 bits per heavy atom. The summed E-state index contributed by atoms with van der Waals surface area (Å²) in [7, 11) is 1.59. The lowest BCUT2D eigenvalue weighted by Gasteiger charge is -2.14. The van der Waals surface area contributed by atoms with Crippen LogP contribution in [0.1, 0.15) is 18.2 Å². The molecule has 1 N–H and O–H groups in total. The third-order valence-corrected chi connectivity index (χ3v) is 4.58. The minimum Gasteiger partial charge on any atom is -0.505 e. The summed E-state index contributed by atoms with van der Waals surface area (Å²) in [6.45, 7) is 3.71. The highest BCUT2D eigenvalue weighted by Gasteiger charge is 2.18. The highest BCUT2D eigenvalue weighted by Crippen LogP contribution is 2.34. The summed E-state index contributed by atoms with van der Waals surface area (Å²) >= 11 is 5.97. The summed E-state index contributed by atoms with van der Waals surface area (Å²) in [4.78, 5) is 12.6. The Morgan fingerprint density at radius 1 is 1.12 bits per heavy atom. The molecular weight excluding hydrogens is 336 g/mol. The summed E-state index contributed by atoms with van der Waals surface area (Å²) in [6, 6.07) is 13.5. The van der Waals surface area contributed by atoms with Crippen LogP contribution >= 0.6 is 11.6 Å². The smallest absolute Gasteiger partial charge is 0.278 e. The fraction of sp³-hybridized carbons (Fsp3) is 0.200. The molecule has 128 valence electrons. The Bertz CT molecular complexity index is 992. The van der Waals surface area contributed by atoms with Crippen LogP contribution in [0.5, 0.6) is 5.75 Å². The number of aromatic hydroxyl groups is 1. The fourth-order valence-electron chi connectivity index (χ4n) is 2.94. The quantitative estimate of drug-likeness (QED) is 0.761. The maximum atomic E-state index is 12.6. The minimum absolute atomic E-state index is 0.0638. The van der Waals surface area contributed by atoms with Gasteiger partial charge in [0, 0.05) is 12.1 Å². The average molecular weight is 355 g/mol. The van der Waals surface area contributed by atoms with Crippen LogP contribution in [0.3, 0.4) is 0 Å². The van der Waals surface area contributed by atoms with Crippen molar-refractivity contribution in [1.29, 1.82) is 0 Å². The predicted octanol–water partition coefficient (Wildman–Crippen LogP) is 4.34. The van der Waals surface area contributed by atoms with Crippen molar-refractivity contribution in [3.05, 3.63) is 69.1 Å². The zero-order chi connectivity index (χ0) is 18.1. The number of rotatable bonds is 3. The molecule has 0 atom stereocenters. The first-order chi connectivity index (χ1) is 11.9. The molecule has 0 aliphatic carbocycles. The van der Waals surface area contributed by atoms with Gasteiger partial charge in [0.25, 0.3) is 5.56 Å². The largest absolute Gasteiger partial charge is 0.505 e. The normalized spacial score (nSPS) is 10.9. The SMILES string of the molecule is CCc1ccc(-c2ccc(Cl)cc2)cc1-c1c(O)c(C)nn(C)c1=O. The van der Waals surface area contributed by atoms with E-state index < -0.39 is 0 Å². The van der Waals surface area contributed by atoms with Gasteiger partial charge in [-0.1, -0.05) is 42.8 Å². The Labute approximate surface area is 151 Å². The molecule has 5 heteroatoms. The van der Waals surface area contributed by atoms with Crippen molar-refractivity contribution in [3.8, 4) is 28.0 Å². The zero-order valence-corrected chi connectivity index (χ0v) is 15.1. The van der Waals surface area contributed by atoms with E-state index in [-0.39, 0.29) is 11.3 Å². The number of nitrogens with zero attached hydrogens (tertiary/aromatic N) is 2. The monoisotopic (exact) mass is 354 g/mol. The highest BCUT2D eigenvalue weighted by atomic mass is 35.5. The second-order valence-corrected chi connectivity index (χ2v) is 6.41. The second kappa shape index (κ2) is 6.73. The van der Waals surface area contributed by atoms with Gasteiger partial charge in [0.15, 0.2) is 5.75 Å². The Kier molecular flexibility index (Phi) is 4.64. The molecule has 0 unspecified atom stereocenters. The van der Waals surface area contributed by atoms with Crippen LogP contribution in [-0.4, -0.2) is 14.9 Å². The minimum atomic E-state index is -0.314. The van der Waals surface area contributed by atoms with E-state index in [1.165, 1.54) is 4.68 Å². The van der Waals surface area contributed by atoms with Gasteiger partial charge >= 0.3 is 0 Å². The van der Waals surface area contributed by atoms with Crippen molar-refractivity contribution in [2.75, 3.05) is 0 Å². The molecule has 4 nitrogen and oxygen atoms in total. The molecule has 0 bridgehead atoms. The van der Waals surface area contributed by atoms with Crippen LogP contribution in [0, 0.1) is 6.92 Å². The zero-order valence-electron chi connectivity index (χ0n) is 14.4.